The molecule has 1 saturated heterocycles. The van der Waals surface area contributed by atoms with E-state index < -0.39 is 5.76 Å². The van der Waals surface area contributed by atoms with Gasteiger partial charge in [-0.25, -0.2) is 4.79 Å². The van der Waals surface area contributed by atoms with Crippen molar-refractivity contribution in [3.05, 3.63) is 58.1 Å². The average molecular weight is 450 g/mol. The molecule has 2 heterocycles. The Morgan fingerprint density at radius 2 is 1.97 bits per heavy atom. The van der Waals surface area contributed by atoms with E-state index in [1.807, 2.05) is 18.2 Å². The van der Waals surface area contributed by atoms with Crippen LogP contribution in [0.15, 0.2) is 45.6 Å². The average Bonchev–Trinajstić information content (AvgIpc) is 3.40. The molecule has 1 aliphatic heterocycles. The molecule has 1 fully saturated rings. The van der Waals surface area contributed by atoms with Crippen molar-refractivity contribution in [1.29, 1.82) is 0 Å². The van der Waals surface area contributed by atoms with Gasteiger partial charge in [-0.2, -0.15) is 0 Å². The Kier molecular flexibility index (Phi) is 5.66. The Morgan fingerprint density at radius 3 is 2.76 bits per heavy atom. The summed E-state index contributed by atoms with van der Waals surface area (Å²) in [5.74, 6) is -0.379. The number of benzene rings is 2. The number of nitrogens with one attached hydrogen (secondary N) is 1. The van der Waals surface area contributed by atoms with E-state index in [0.29, 0.717) is 23.2 Å². The van der Waals surface area contributed by atoms with Crippen LogP contribution < -0.4 is 15.8 Å². The van der Waals surface area contributed by atoms with Gasteiger partial charge in [0.25, 0.3) is 0 Å². The monoisotopic (exact) mass is 449 g/mol. The Balaban J connectivity index is 1.38. The number of methoxy groups -OCH3 is 1. The second kappa shape index (κ2) is 8.77. The second-order valence-electron chi connectivity index (χ2n) is 8.69. The van der Waals surface area contributed by atoms with Crippen molar-refractivity contribution in [2.75, 3.05) is 25.5 Å². The highest BCUT2D eigenvalue weighted by molar-refractivity contribution is 5.98. The number of rotatable bonds is 5. The number of aryl methyl sites for hydroxylation is 1. The summed E-state index contributed by atoms with van der Waals surface area (Å²) in [6.07, 6.45) is 4.63. The molecule has 1 N–H and O–H groups in total. The molecule has 3 aromatic rings. The fourth-order valence-electron chi connectivity index (χ4n) is 4.98. The summed E-state index contributed by atoms with van der Waals surface area (Å²) < 4.78 is 12.2. The number of hydrogen-bond acceptors (Lipinski definition) is 5. The molecule has 0 saturated carbocycles. The van der Waals surface area contributed by atoms with Gasteiger partial charge in [-0.3, -0.25) is 14.2 Å². The second-order valence-corrected chi connectivity index (χ2v) is 8.69. The maximum absolute atomic E-state index is 13.1. The van der Waals surface area contributed by atoms with Gasteiger partial charge in [0.15, 0.2) is 5.58 Å². The number of piperidine rings is 1. The van der Waals surface area contributed by atoms with E-state index in [9.17, 15) is 14.4 Å². The molecule has 0 spiro atoms. The van der Waals surface area contributed by atoms with E-state index in [-0.39, 0.29) is 24.3 Å². The van der Waals surface area contributed by atoms with Crippen molar-refractivity contribution >= 4 is 28.6 Å². The fraction of sp³-hybridized carbons (Fsp3) is 0.400. The molecule has 0 radical (unpaired) electrons. The van der Waals surface area contributed by atoms with E-state index in [0.717, 1.165) is 55.6 Å². The molecule has 1 atom stereocenters. The SMILES string of the molecule is COc1cccc2c1C(C(=O)Nc1ccc3oc(=O)n(CC(=O)N4CCCCC4)c3c1)CC2. The Hall–Kier alpha value is -3.55. The predicted molar refractivity (Wildman–Crippen MR) is 124 cm³/mol. The van der Waals surface area contributed by atoms with Crippen LogP contribution in [-0.2, 0) is 22.6 Å². The zero-order valence-corrected chi connectivity index (χ0v) is 18.6. The fourth-order valence-corrected chi connectivity index (χ4v) is 4.98. The van der Waals surface area contributed by atoms with Gasteiger partial charge >= 0.3 is 5.76 Å². The number of hydrogen-bond donors (Lipinski definition) is 1. The third kappa shape index (κ3) is 4.01. The lowest BCUT2D eigenvalue weighted by molar-refractivity contribution is -0.132. The molecular weight excluding hydrogens is 422 g/mol. The number of likely N-dealkylation sites (tertiary alicyclic amines) is 1. The lowest BCUT2D eigenvalue weighted by Crippen LogP contribution is -2.39. The minimum absolute atomic E-state index is 0.0730. The van der Waals surface area contributed by atoms with Crippen molar-refractivity contribution < 1.29 is 18.7 Å². The topological polar surface area (TPSA) is 93.8 Å². The van der Waals surface area contributed by atoms with Gasteiger partial charge in [0, 0.05) is 24.3 Å². The van der Waals surface area contributed by atoms with Crippen LogP contribution in [0.3, 0.4) is 0 Å². The van der Waals surface area contributed by atoms with Crippen molar-refractivity contribution in [2.24, 2.45) is 0 Å². The number of ether oxygens (including phenoxy) is 1. The van der Waals surface area contributed by atoms with Gasteiger partial charge in [0.1, 0.15) is 12.3 Å². The molecule has 2 amide bonds. The third-order valence-electron chi connectivity index (χ3n) is 6.68. The molecule has 5 rings (SSSR count). The number of oxazole rings is 1. The highest BCUT2D eigenvalue weighted by Crippen LogP contribution is 2.40. The number of aromatic nitrogens is 1. The molecule has 0 bridgehead atoms. The van der Waals surface area contributed by atoms with Gasteiger partial charge < -0.3 is 19.4 Å². The van der Waals surface area contributed by atoms with Crippen LogP contribution in [-0.4, -0.2) is 41.5 Å². The molecule has 33 heavy (non-hydrogen) atoms. The van der Waals surface area contributed by atoms with Crippen LogP contribution in [0.1, 0.15) is 42.7 Å². The van der Waals surface area contributed by atoms with E-state index in [1.165, 1.54) is 4.57 Å². The molecule has 8 nitrogen and oxygen atoms in total. The summed E-state index contributed by atoms with van der Waals surface area (Å²) in [5.41, 5.74) is 3.50. The molecule has 1 unspecified atom stereocenters. The summed E-state index contributed by atoms with van der Waals surface area (Å²) in [6.45, 7) is 1.37. The number of nitrogens with zero attached hydrogens (tertiary/aromatic N) is 2. The van der Waals surface area contributed by atoms with Gasteiger partial charge in [0.2, 0.25) is 11.8 Å². The van der Waals surface area contributed by atoms with Crippen LogP contribution in [0.5, 0.6) is 5.75 Å². The predicted octanol–water partition coefficient (Wildman–Crippen LogP) is 3.28. The Morgan fingerprint density at radius 1 is 1.15 bits per heavy atom. The minimum atomic E-state index is -0.576. The van der Waals surface area contributed by atoms with Crippen molar-refractivity contribution in [3.8, 4) is 5.75 Å². The number of carbonyl (C=O) groups is 2. The summed E-state index contributed by atoms with van der Waals surface area (Å²) in [5, 5.41) is 2.97. The summed E-state index contributed by atoms with van der Waals surface area (Å²) in [4.78, 5) is 40.1. The minimum Gasteiger partial charge on any atom is -0.496 e. The van der Waals surface area contributed by atoms with Crippen LogP contribution in [0, 0.1) is 0 Å². The smallest absolute Gasteiger partial charge is 0.420 e. The number of amides is 2. The van der Waals surface area contributed by atoms with Crippen LogP contribution in [0.25, 0.3) is 11.1 Å². The maximum Gasteiger partial charge on any atom is 0.420 e. The zero-order chi connectivity index (χ0) is 22.9. The van der Waals surface area contributed by atoms with Crippen molar-refractivity contribution in [1.82, 2.24) is 9.47 Å². The molecule has 172 valence electrons. The van der Waals surface area contributed by atoms with E-state index in [2.05, 4.69) is 5.32 Å². The molecule has 2 aromatic carbocycles. The van der Waals surface area contributed by atoms with Gasteiger partial charge in [-0.05, 0) is 61.9 Å². The van der Waals surface area contributed by atoms with Gasteiger partial charge in [0.05, 0.1) is 18.5 Å². The van der Waals surface area contributed by atoms with E-state index >= 15 is 0 Å². The molecule has 1 aromatic heterocycles. The highest BCUT2D eigenvalue weighted by Gasteiger charge is 2.31. The lowest BCUT2D eigenvalue weighted by atomic mass is 9.99. The van der Waals surface area contributed by atoms with Crippen molar-refractivity contribution in [3.63, 3.8) is 0 Å². The lowest BCUT2D eigenvalue weighted by Gasteiger charge is -2.26. The van der Waals surface area contributed by atoms with Crippen LogP contribution >= 0.6 is 0 Å². The summed E-state index contributed by atoms with van der Waals surface area (Å²) in [6, 6.07) is 10.9. The summed E-state index contributed by atoms with van der Waals surface area (Å²) >= 11 is 0. The largest absolute Gasteiger partial charge is 0.496 e. The molecule has 1 aliphatic carbocycles. The first-order valence-electron chi connectivity index (χ1n) is 11.4. The standard InChI is InChI=1S/C25H27N3O5/c1-32-21-7-5-6-16-8-10-18(23(16)21)24(30)26-17-9-11-20-19(14-17)28(25(31)33-20)15-22(29)27-12-3-2-4-13-27/h5-7,9,11,14,18H,2-4,8,10,12-13,15H2,1H3,(H,26,30). The Bertz CT molecular complexity index is 1270. The van der Waals surface area contributed by atoms with Crippen LogP contribution in [0.4, 0.5) is 5.69 Å². The van der Waals surface area contributed by atoms with Gasteiger partial charge in [-0.15, -0.1) is 0 Å². The van der Waals surface area contributed by atoms with E-state index in [4.69, 9.17) is 9.15 Å². The third-order valence-corrected chi connectivity index (χ3v) is 6.68. The first-order chi connectivity index (χ1) is 16.0. The molecule has 8 heteroatoms. The number of fused-ring (bicyclic) bond motifs is 2. The molecular formula is C25H27N3O5. The van der Waals surface area contributed by atoms with Crippen LogP contribution in [0.2, 0.25) is 0 Å². The zero-order valence-electron chi connectivity index (χ0n) is 18.6. The van der Waals surface area contributed by atoms with Gasteiger partial charge in [-0.1, -0.05) is 12.1 Å². The first-order valence-corrected chi connectivity index (χ1v) is 11.4. The summed E-state index contributed by atoms with van der Waals surface area (Å²) in [7, 11) is 1.61. The normalized spacial score (nSPS) is 17.7. The highest BCUT2D eigenvalue weighted by atomic mass is 16.5. The Labute approximate surface area is 191 Å². The van der Waals surface area contributed by atoms with Crippen molar-refractivity contribution in [2.45, 2.75) is 44.6 Å². The maximum atomic E-state index is 13.1. The number of carbonyl (C=O) groups excluding carboxylic acids is 2. The quantitative estimate of drug-likeness (QED) is 0.645. The van der Waals surface area contributed by atoms with E-state index in [1.54, 1.807) is 30.2 Å². The molecule has 2 aliphatic rings. The number of anilines is 1. The first kappa shape index (κ1) is 21.3.